The molecular weight excluding hydrogens is 491 g/mol. The third-order valence-electron chi connectivity index (χ3n) is 4.02. The number of fused-ring (bicyclic) bond motifs is 3. The quantitative estimate of drug-likeness (QED) is 0.241. The molecule has 0 aliphatic rings. The summed E-state index contributed by atoms with van der Waals surface area (Å²) in [7, 11) is 0. The van der Waals surface area contributed by atoms with Crippen molar-refractivity contribution in [3.05, 3.63) is 60.4 Å². The van der Waals surface area contributed by atoms with Crippen molar-refractivity contribution >= 4 is 62.0 Å². The van der Waals surface area contributed by atoms with Crippen molar-refractivity contribution in [2.24, 2.45) is 0 Å². The molecule has 0 spiro atoms. The van der Waals surface area contributed by atoms with Gasteiger partial charge in [-0.15, -0.1) is 0 Å². The zero-order valence-electron chi connectivity index (χ0n) is 15.1. The molecule has 0 aliphatic carbocycles. The summed E-state index contributed by atoms with van der Waals surface area (Å²) >= 11 is 3.43. The molecule has 0 radical (unpaired) electrons. The SMILES string of the molecule is CCOc1cc(/C=c2/sc3nc4ccccc4n3c2=O)cc(I)c1OC(C)=O. The van der Waals surface area contributed by atoms with Crippen LogP contribution in [0.4, 0.5) is 0 Å². The van der Waals surface area contributed by atoms with Gasteiger partial charge in [-0.1, -0.05) is 23.5 Å². The van der Waals surface area contributed by atoms with Crippen LogP contribution in [0.1, 0.15) is 19.4 Å². The first-order valence-corrected chi connectivity index (χ1v) is 10.4. The van der Waals surface area contributed by atoms with Gasteiger partial charge in [-0.05, 0) is 65.4 Å². The molecule has 0 N–H and O–H groups in total. The molecule has 2 heterocycles. The minimum absolute atomic E-state index is 0.106. The Kier molecular flexibility index (Phi) is 5.07. The number of ether oxygens (including phenoxy) is 2. The Morgan fingerprint density at radius 1 is 1.32 bits per heavy atom. The van der Waals surface area contributed by atoms with Gasteiger partial charge in [0.05, 0.1) is 25.7 Å². The average Bonchev–Trinajstić information content (AvgIpc) is 3.15. The summed E-state index contributed by atoms with van der Waals surface area (Å²) in [5.41, 5.74) is 2.28. The number of nitrogens with zero attached hydrogens (tertiary/aromatic N) is 2. The average molecular weight is 506 g/mol. The number of rotatable bonds is 4. The Morgan fingerprint density at radius 2 is 2.11 bits per heavy atom. The summed E-state index contributed by atoms with van der Waals surface area (Å²) in [6.45, 7) is 3.64. The molecule has 28 heavy (non-hydrogen) atoms. The minimum atomic E-state index is -0.413. The molecule has 0 amide bonds. The predicted molar refractivity (Wildman–Crippen MR) is 117 cm³/mol. The number of carbonyl (C=O) groups excluding carboxylic acids is 1. The van der Waals surface area contributed by atoms with E-state index in [2.05, 4.69) is 27.6 Å². The molecule has 0 fully saturated rings. The molecule has 8 heteroatoms. The highest BCUT2D eigenvalue weighted by Gasteiger charge is 2.15. The Balaban J connectivity index is 1.88. The molecule has 4 aromatic rings. The molecule has 4 rings (SSSR count). The van der Waals surface area contributed by atoms with Gasteiger partial charge in [-0.3, -0.25) is 9.59 Å². The molecule has 142 valence electrons. The van der Waals surface area contributed by atoms with E-state index in [4.69, 9.17) is 9.47 Å². The van der Waals surface area contributed by atoms with E-state index in [0.717, 1.165) is 20.2 Å². The van der Waals surface area contributed by atoms with E-state index in [1.54, 1.807) is 16.5 Å². The molecular formula is C20H15IN2O4S. The number of imidazole rings is 1. The lowest BCUT2D eigenvalue weighted by atomic mass is 10.2. The van der Waals surface area contributed by atoms with Crippen LogP contribution in [-0.2, 0) is 4.79 Å². The van der Waals surface area contributed by atoms with Gasteiger partial charge in [-0.2, -0.15) is 0 Å². The van der Waals surface area contributed by atoms with E-state index < -0.39 is 5.97 Å². The van der Waals surface area contributed by atoms with Crippen LogP contribution in [0.5, 0.6) is 11.5 Å². The Labute approximate surface area is 177 Å². The van der Waals surface area contributed by atoms with E-state index >= 15 is 0 Å². The van der Waals surface area contributed by atoms with Gasteiger partial charge < -0.3 is 9.47 Å². The number of hydrogen-bond acceptors (Lipinski definition) is 6. The Morgan fingerprint density at radius 3 is 2.86 bits per heavy atom. The van der Waals surface area contributed by atoms with Crippen LogP contribution in [-0.4, -0.2) is 22.0 Å². The summed E-state index contributed by atoms with van der Waals surface area (Å²) in [5.74, 6) is 0.445. The molecule has 0 aliphatic heterocycles. The lowest BCUT2D eigenvalue weighted by Crippen LogP contribution is -2.22. The summed E-state index contributed by atoms with van der Waals surface area (Å²) in [4.78, 5) is 29.5. The van der Waals surface area contributed by atoms with Gasteiger partial charge in [0, 0.05) is 6.92 Å². The summed E-state index contributed by atoms with van der Waals surface area (Å²) in [6, 6.07) is 11.2. The van der Waals surface area contributed by atoms with E-state index in [-0.39, 0.29) is 5.56 Å². The van der Waals surface area contributed by atoms with Gasteiger partial charge >= 0.3 is 5.97 Å². The molecule has 0 atom stereocenters. The number of esters is 1. The van der Waals surface area contributed by atoms with Gasteiger partial charge in [0.25, 0.3) is 5.56 Å². The van der Waals surface area contributed by atoms with E-state index in [1.807, 2.05) is 37.3 Å². The van der Waals surface area contributed by atoms with Gasteiger partial charge in [0.2, 0.25) is 0 Å². The molecule has 2 aromatic heterocycles. The van der Waals surface area contributed by atoms with Crippen molar-refractivity contribution in [2.75, 3.05) is 6.61 Å². The van der Waals surface area contributed by atoms with E-state index in [0.29, 0.717) is 27.6 Å². The van der Waals surface area contributed by atoms with Crippen LogP contribution in [0.2, 0.25) is 0 Å². The van der Waals surface area contributed by atoms with Crippen LogP contribution < -0.4 is 19.6 Å². The lowest BCUT2D eigenvalue weighted by molar-refractivity contribution is -0.132. The molecule has 0 saturated heterocycles. The molecule has 2 aromatic carbocycles. The Bertz CT molecular complexity index is 1330. The highest BCUT2D eigenvalue weighted by Crippen LogP contribution is 2.34. The zero-order valence-corrected chi connectivity index (χ0v) is 18.0. The summed E-state index contributed by atoms with van der Waals surface area (Å²) in [5, 5.41) is 0. The fourth-order valence-corrected chi connectivity index (χ4v) is 4.66. The van der Waals surface area contributed by atoms with Crippen LogP contribution in [0, 0.1) is 3.57 Å². The number of halogens is 1. The zero-order chi connectivity index (χ0) is 19.8. The topological polar surface area (TPSA) is 69.9 Å². The summed E-state index contributed by atoms with van der Waals surface area (Å²) < 4.78 is 13.9. The first-order chi connectivity index (χ1) is 13.5. The molecule has 0 unspecified atom stereocenters. The monoisotopic (exact) mass is 506 g/mol. The first-order valence-electron chi connectivity index (χ1n) is 8.54. The van der Waals surface area contributed by atoms with Crippen molar-refractivity contribution in [2.45, 2.75) is 13.8 Å². The summed E-state index contributed by atoms with van der Waals surface area (Å²) in [6.07, 6.45) is 1.80. The lowest BCUT2D eigenvalue weighted by Gasteiger charge is -2.12. The second-order valence-electron chi connectivity index (χ2n) is 5.99. The van der Waals surface area contributed by atoms with Gasteiger partial charge in [0.15, 0.2) is 16.5 Å². The second-order valence-corrected chi connectivity index (χ2v) is 8.16. The highest BCUT2D eigenvalue weighted by atomic mass is 127. The number of benzene rings is 2. The van der Waals surface area contributed by atoms with Crippen molar-refractivity contribution in [3.8, 4) is 11.5 Å². The third kappa shape index (κ3) is 3.37. The fraction of sp³-hybridized carbons (Fsp3) is 0.150. The van der Waals surface area contributed by atoms with Crippen molar-refractivity contribution < 1.29 is 14.3 Å². The number of carbonyl (C=O) groups is 1. The highest BCUT2D eigenvalue weighted by molar-refractivity contribution is 14.1. The molecule has 0 bridgehead atoms. The standard InChI is InChI=1S/C20H15IN2O4S/c1-3-26-16-9-12(8-13(21)18(16)27-11(2)24)10-17-19(25)23-15-7-5-4-6-14(15)22-20(23)28-17/h4-10H,3H2,1-2H3/b17-10+. The number of aromatic nitrogens is 2. The number of thiazole rings is 1. The molecule has 6 nitrogen and oxygen atoms in total. The Hall–Kier alpha value is -2.46. The van der Waals surface area contributed by atoms with Crippen LogP contribution in [0.15, 0.2) is 41.2 Å². The van der Waals surface area contributed by atoms with Crippen molar-refractivity contribution in [1.82, 2.24) is 9.38 Å². The minimum Gasteiger partial charge on any atom is -0.490 e. The number of hydrogen-bond donors (Lipinski definition) is 0. The predicted octanol–water partition coefficient (Wildman–Crippen LogP) is 3.39. The molecule has 0 saturated carbocycles. The van der Waals surface area contributed by atoms with Crippen LogP contribution >= 0.6 is 33.9 Å². The van der Waals surface area contributed by atoms with Crippen molar-refractivity contribution in [3.63, 3.8) is 0 Å². The largest absolute Gasteiger partial charge is 0.490 e. The van der Waals surface area contributed by atoms with Crippen LogP contribution in [0.25, 0.3) is 22.1 Å². The van der Waals surface area contributed by atoms with Gasteiger partial charge in [-0.25, -0.2) is 9.38 Å². The maximum Gasteiger partial charge on any atom is 0.308 e. The second kappa shape index (κ2) is 7.51. The maximum atomic E-state index is 12.9. The third-order valence-corrected chi connectivity index (χ3v) is 5.79. The smallest absolute Gasteiger partial charge is 0.308 e. The first kappa shape index (κ1) is 18.9. The maximum absolute atomic E-state index is 12.9. The fourth-order valence-electron chi connectivity index (χ4n) is 2.94. The van der Waals surface area contributed by atoms with Crippen LogP contribution in [0.3, 0.4) is 0 Å². The van der Waals surface area contributed by atoms with E-state index in [9.17, 15) is 9.59 Å². The number of para-hydroxylation sites is 2. The van der Waals surface area contributed by atoms with E-state index in [1.165, 1.54) is 18.3 Å². The normalized spacial score (nSPS) is 12.0. The van der Waals surface area contributed by atoms with Crippen molar-refractivity contribution in [1.29, 1.82) is 0 Å². The van der Waals surface area contributed by atoms with Gasteiger partial charge in [0.1, 0.15) is 0 Å².